The Hall–Kier alpha value is -0.120. The molecule has 0 radical (unpaired) electrons. The molecule has 1 saturated heterocycles. The van der Waals surface area contributed by atoms with Gasteiger partial charge in [0, 0.05) is 12.6 Å². The zero-order valence-corrected chi connectivity index (χ0v) is 8.88. The molecule has 1 fully saturated rings. The predicted octanol–water partition coefficient (Wildman–Crippen LogP) is 1.73. The third-order valence-electron chi connectivity index (χ3n) is 2.45. The lowest BCUT2D eigenvalue weighted by Crippen LogP contribution is -2.40. The van der Waals surface area contributed by atoms with Crippen LogP contribution in [0.3, 0.4) is 0 Å². The molecule has 78 valence electrons. The molecule has 2 atom stereocenters. The molecule has 0 aromatic rings. The molecule has 1 N–H and O–H groups in total. The molecule has 0 bridgehead atoms. The molecule has 0 aromatic heterocycles. The van der Waals surface area contributed by atoms with E-state index < -0.39 is 0 Å². The van der Waals surface area contributed by atoms with Crippen LogP contribution in [-0.4, -0.2) is 25.4 Å². The SMILES string of the molecule is CCONC1CCOC(C(C)C)C1. The monoisotopic (exact) mass is 187 g/mol. The number of rotatable bonds is 4. The van der Waals surface area contributed by atoms with Crippen LogP contribution in [0.4, 0.5) is 0 Å². The van der Waals surface area contributed by atoms with Crippen LogP contribution < -0.4 is 5.48 Å². The molecule has 0 aliphatic carbocycles. The van der Waals surface area contributed by atoms with Crippen LogP contribution in [0, 0.1) is 5.92 Å². The van der Waals surface area contributed by atoms with Crippen molar-refractivity contribution in [2.45, 2.75) is 45.8 Å². The van der Waals surface area contributed by atoms with Crippen LogP contribution in [0.15, 0.2) is 0 Å². The first-order valence-electron chi connectivity index (χ1n) is 5.23. The molecule has 0 amide bonds. The van der Waals surface area contributed by atoms with Crippen LogP contribution in [0.2, 0.25) is 0 Å². The molecular formula is C10H21NO2. The van der Waals surface area contributed by atoms with Crippen molar-refractivity contribution in [1.82, 2.24) is 5.48 Å². The van der Waals surface area contributed by atoms with E-state index in [4.69, 9.17) is 9.57 Å². The van der Waals surface area contributed by atoms with Crippen molar-refractivity contribution in [2.75, 3.05) is 13.2 Å². The van der Waals surface area contributed by atoms with Gasteiger partial charge in [-0.05, 0) is 25.7 Å². The van der Waals surface area contributed by atoms with Crippen LogP contribution in [0.25, 0.3) is 0 Å². The lowest BCUT2D eigenvalue weighted by atomic mass is 9.96. The fraction of sp³-hybridized carbons (Fsp3) is 1.00. The van der Waals surface area contributed by atoms with Crippen LogP contribution in [0.5, 0.6) is 0 Å². The molecule has 3 nitrogen and oxygen atoms in total. The summed E-state index contributed by atoms with van der Waals surface area (Å²) < 4.78 is 5.65. The van der Waals surface area contributed by atoms with Crippen LogP contribution in [-0.2, 0) is 9.57 Å². The van der Waals surface area contributed by atoms with Gasteiger partial charge in [-0.1, -0.05) is 13.8 Å². The van der Waals surface area contributed by atoms with Crippen molar-refractivity contribution in [3.05, 3.63) is 0 Å². The number of nitrogens with one attached hydrogen (secondary N) is 1. The van der Waals surface area contributed by atoms with E-state index in [0.717, 1.165) is 26.1 Å². The summed E-state index contributed by atoms with van der Waals surface area (Å²) in [4.78, 5) is 5.20. The zero-order valence-electron chi connectivity index (χ0n) is 8.88. The summed E-state index contributed by atoms with van der Waals surface area (Å²) in [5.74, 6) is 0.603. The normalized spacial score (nSPS) is 29.5. The molecular weight excluding hydrogens is 166 g/mol. The van der Waals surface area contributed by atoms with Crippen molar-refractivity contribution in [2.24, 2.45) is 5.92 Å². The first-order chi connectivity index (χ1) is 6.24. The topological polar surface area (TPSA) is 30.5 Å². The highest BCUT2D eigenvalue weighted by molar-refractivity contribution is 4.76. The molecule has 1 rings (SSSR count). The average molecular weight is 187 g/mol. The Balaban J connectivity index is 2.25. The van der Waals surface area contributed by atoms with Gasteiger partial charge >= 0.3 is 0 Å². The van der Waals surface area contributed by atoms with Crippen molar-refractivity contribution in [3.63, 3.8) is 0 Å². The zero-order chi connectivity index (χ0) is 9.68. The number of hydroxylamine groups is 1. The quantitative estimate of drug-likeness (QED) is 0.680. The number of ether oxygens (including phenoxy) is 1. The van der Waals surface area contributed by atoms with Gasteiger partial charge in [-0.15, -0.1) is 0 Å². The first-order valence-corrected chi connectivity index (χ1v) is 5.23. The largest absolute Gasteiger partial charge is 0.378 e. The second-order valence-electron chi connectivity index (χ2n) is 3.93. The summed E-state index contributed by atoms with van der Waals surface area (Å²) >= 11 is 0. The Morgan fingerprint density at radius 2 is 2.31 bits per heavy atom. The third-order valence-corrected chi connectivity index (χ3v) is 2.45. The molecule has 0 saturated carbocycles. The summed E-state index contributed by atoms with van der Waals surface area (Å²) in [7, 11) is 0. The Labute approximate surface area is 80.7 Å². The van der Waals surface area contributed by atoms with E-state index in [1.807, 2.05) is 6.92 Å². The first kappa shape index (κ1) is 11.0. The maximum atomic E-state index is 5.65. The fourth-order valence-electron chi connectivity index (χ4n) is 1.60. The van der Waals surface area contributed by atoms with Crippen molar-refractivity contribution in [3.8, 4) is 0 Å². The molecule has 2 unspecified atom stereocenters. The van der Waals surface area contributed by atoms with Crippen molar-refractivity contribution >= 4 is 0 Å². The fourth-order valence-corrected chi connectivity index (χ4v) is 1.60. The molecule has 3 heteroatoms. The molecule has 1 aliphatic heterocycles. The summed E-state index contributed by atoms with van der Waals surface area (Å²) in [5.41, 5.74) is 3.08. The highest BCUT2D eigenvalue weighted by Crippen LogP contribution is 2.19. The van der Waals surface area contributed by atoms with Gasteiger partial charge in [-0.2, -0.15) is 5.48 Å². The summed E-state index contributed by atoms with van der Waals surface area (Å²) in [6, 6.07) is 0.473. The van der Waals surface area contributed by atoms with E-state index in [1.165, 1.54) is 0 Å². The van der Waals surface area contributed by atoms with Gasteiger partial charge in [0.1, 0.15) is 0 Å². The van der Waals surface area contributed by atoms with Crippen molar-refractivity contribution < 1.29 is 9.57 Å². The summed E-state index contributed by atoms with van der Waals surface area (Å²) in [5, 5.41) is 0. The average Bonchev–Trinajstić information content (AvgIpc) is 2.15. The minimum absolute atomic E-state index is 0.395. The summed E-state index contributed by atoms with van der Waals surface area (Å²) in [6.07, 6.45) is 2.52. The van der Waals surface area contributed by atoms with E-state index in [1.54, 1.807) is 0 Å². The highest BCUT2D eigenvalue weighted by Gasteiger charge is 2.24. The molecule has 13 heavy (non-hydrogen) atoms. The van der Waals surface area contributed by atoms with E-state index >= 15 is 0 Å². The highest BCUT2D eigenvalue weighted by atomic mass is 16.6. The Morgan fingerprint density at radius 1 is 1.54 bits per heavy atom. The van der Waals surface area contributed by atoms with E-state index in [9.17, 15) is 0 Å². The van der Waals surface area contributed by atoms with Gasteiger partial charge in [0.05, 0.1) is 12.7 Å². The Morgan fingerprint density at radius 3 is 2.92 bits per heavy atom. The maximum absolute atomic E-state index is 5.65. The van der Waals surface area contributed by atoms with Crippen molar-refractivity contribution in [1.29, 1.82) is 0 Å². The lowest BCUT2D eigenvalue weighted by molar-refractivity contribution is -0.0636. The Bertz CT molecular complexity index is 139. The van der Waals surface area contributed by atoms with Gasteiger partial charge in [-0.3, -0.25) is 0 Å². The number of hydrogen-bond donors (Lipinski definition) is 1. The second kappa shape index (κ2) is 5.58. The second-order valence-corrected chi connectivity index (χ2v) is 3.93. The molecule has 1 heterocycles. The van der Waals surface area contributed by atoms with E-state index in [-0.39, 0.29) is 0 Å². The van der Waals surface area contributed by atoms with Crippen LogP contribution >= 0.6 is 0 Å². The van der Waals surface area contributed by atoms with Gasteiger partial charge in [0.2, 0.25) is 0 Å². The molecule has 0 spiro atoms. The minimum Gasteiger partial charge on any atom is -0.378 e. The predicted molar refractivity (Wildman–Crippen MR) is 52.4 cm³/mol. The lowest BCUT2D eigenvalue weighted by Gasteiger charge is -2.31. The van der Waals surface area contributed by atoms with E-state index in [2.05, 4.69) is 19.3 Å². The molecule has 0 aromatic carbocycles. The standard InChI is InChI=1S/C10H21NO2/c1-4-13-11-9-5-6-12-10(7-9)8(2)3/h8-11H,4-7H2,1-3H3. The maximum Gasteiger partial charge on any atom is 0.0654 e. The Kier molecular flexibility index (Phi) is 4.70. The smallest absolute Gasteiger partial charge is 0.0654 e. The van der Waals surface area contributed by atoms with Gasteiger partial charge in [-0.25, -0.2) is 0 Å². The van der Waals surface area contributed by atoms with E-state index in [0.29, 0.717) is 18.1 Å². The summed E-state index contributed by atoms with van der Waals surface area (Å²) in [6.45, 7) is 7.98. The third kappa shape index (κ3) is 3.63. The number of hydrogen-bond acceptors (Lipinski definition) is 3. The molecule has 1 aliphatic rings. The van der Waals surface area contributed by atoms with Gasteiger partial charge < -0.3 is 9.57 Å². The van der Waals surface area contributed by atoms with Gasteiger partial charge in [0.15, 0.2) is 0 Å². The van der Waals surface area contributed by atoms with Gasteiger partial charge in [0.25, 0.3) is 0 Å². The minimum atomic E-state index is 0.395. The van der Waals surface area contributed by atoms with Crippen LogP contribution in [0.1, 0.15) is 33.6 Å².